The molecule has 0 aliphatic heterocycles. The van der Waals surface area contributed by atoms with Gasteiger partial charge in [0.15, 0.2) is 0 Å². The van der Waals surface area contributed by atoms with Crippen molar-refractivity contribution < 1.29 is 0 Å². The highest BCUT2D eigenvalue weighted by atomic mass is 14.3. The third-order valence-electron chi connectivity index (χ3n) is 8.45. The van der Waals surface area contributed by atoms with Crippen molar-refractivity contribution in [2.75, 3.05) is 0 Å². The number of fused-ring (bicyclic) bond motifs is 4. The van der Waals surface area contributed by atoms with E-state index in [1.54, 1.807) is 0 Å². The van der Waals surface area contributed by atoms with E-state index < -0.39 is 0 Å². The SMILES string of the molecule is CC1=CC(c2c(C)c(=C(c3ccccc3)c3ccccc3)cc3c2=[C]c2cc(C)ccc2-3)c2ccc(C)cc21. The summed E-state index contributed by atoms with van der Waals surface area (Å²) >= 11 is 0. The van der Waals surface area contributed by atoms with Gasteiger partial charge < -0.3 is 0 Å². The Hall–Kier alpha value is -4.42. The second-order valence-corrected chi connectivity index (χ2v) is 11.1. The Morgan fingerprint density at radius 3 is 1.95 bits per heavy atom. The van der Waals surface area contributed by atoms with Crippen LogP contribution in [0.2, 0.25) is 0 Å². The molecule has 1 atom stereocenters. The van der Waals surface area contributed by atoms with Gasteiger partial charge in [-0.2, -0.15) is 0 Å². The summed E-state index contributed by atoms with van der Waals surface area (Å²) in [5.74, 6) is 0.199. The van der Waals surface area contributed by atoms with Crippen LogP contribution in [-0.4, -0.2) is 0 Å². The molecule has 0 spiro atoms. The first-order chi connectivity index (χ1) is 19.0. The number of hydrogen-bond donors (Lipinski definition) is 0. The summed E-state index contributed by atoms with van der Waals surface area (Å²) < 4.78 is 0. The van der Waals surface area contributed by atoms with Crippen molar-refractivity contribution in [3.05, 3.63) is 170 Å². The highest BCUT2D eigenvalue weighted by Crippen LogP contribution is 2.41. The molecule has 5 aromatic carbocycles. The molecule has 0 nitrogen and oxygen atoms in total. The Morgan fingerprint density at radius 2 is 1.26 bits per heavy atom. The van der Waals surface area contributed by atoms with E-state index in [0.717, 1.165) is 0 Å². The summed E-state index contributed by atoms with van der Waals surface area (Å²) in [6.07, 6.45) is 6.34. The normalized spacial score (nSPS) is 14.8. The third kappa shape index (κ3) is 3.82. The highest BCUT2D eigenvalue weighted by Gasteiger charge is 2.28. The number of allylic oxidation sites excluding steroid dienone is 2. The molecule has 39 heavy (non-hydrogen) atoms. The molecule has 0 amide bonds. The second kappa shape index (κ2) is 9.10. The van der Waals surface area contributed by atoms with E-state index in [-0.39, 0.29) is 5.92 Å². The van der Waals surface area contributed by atoms with Crippen LogP contribution in [0, 0.1) is 20.8 Å². The van der Waals surface area contributed by atoms with Crippen LogP contribution >= 0.6 is 0 Å². The molecular weight excluding hydrogens is 468 g/mol. The lowest BCUT2D eigenvalue weighted by Crippen LogP contribution is -2.25. The van der Waals surface area contributed by atoms with E-state index >= 15 is 0 Å². The fourth-order valence-corrected chi connectivity index (χ4v) is 6.57. The number of hydrogen-bond acceptors (Lipinski definition) is 0. The number of aryl methyl sites for hydroxylation is 2. The fourth-order valence-electron chi connectivity index (χ4n) is 6.57. The lowest BCUT2D eigenvalue weighted by Gasteiger charge is -2.20. The second-order valence-electron chi connectivity index (χ2n) is 11.1. The fraction of sp³-hybridized carbons (Fsp3) is 0.128. The van der Waals surface area contributed by atoms with Crippen molar-refractivity contribution >= 4 is 17.2 Å². The first-order valence-electron chi connectivity index (χ1n) is 13.8. The Kier molecular flexibility index (Phi) is 5.53. The zero-order chi connectivity index (χ0) is 26.7. The van der Waals surface area contributed by atoms with Crippen molar-refractivity contribution in [2.45, 2.75) is 33.6 Å². The summed E-state index contributed by atoms with van der Waals surface area (Å²) in [5, 5.41) is 2.54. The Balaban J connectivity index is 1.64. The van der Waals surface area contributed by atoms with E-state index in [1.165, 1.54) is 82.8 Å². The van der Waals surface area contributed by atoms with E-state index in [2.05, 4.69) is 143 Å². The molecule has 2 aliphatic rings. The maximum Gasteiger partial charge on any atom is 0.0290 e. The molecular formula is C39H31. The molecule has 5 aromatic rings. The molecule has 2 aliphatic carbocycles. The molecule has 187 valence electrons. The summed E-state index contributed by atoms with van der Waals surface area (Å²) in [5.41, 5.74) is 16.9. The van der Waals surface area contributed by atoms with Crippen LogP contribution < -0.4 is 10.4 Å². The van der Waals surface area contributed by atoms with Crippen molar-refractivity contribution in [3.63, 3.8) is 0 Å². The molecule has 0 saturated carbocycles. The van der Waals surface area contributed by atoms with E-state index in [4.69, 9.17) is 0 Å². The quantitative estimate of drug-likeness (QED) is 0.231. The van der Waals surface area contributed by atoms with E-state index in [1.807, 2.05) is 0 Å². The predicted molar refractivity (Wildman–Crippen MR) is 164 cm³/mol. The number of benzene rings is 5. The van der Waals surface area contributed by atoms with Crippen LogP contribution in [-0.2, 0) is 0 Å². The predicted octanol–water partition coefficient (Wildman–Crippen LogP) is 8.09. The minimum absolute atomic E-state index is 0.199. The summed E-state index contributed by atoms with van der Waals surface area (Å²) in [6, 6.07) is 37.9. The summed E-state index contributed by atoms with van der Waals surface area (Å²) in [6.45, 7) is 8.93. The van der Waals surface area contributed by atoms with Gasteiger partial charge in [-0.05, 0) is 111 Å². The highest BCUT2D eigenvalue weighted by molar-refractivity contribution is 5.88. The smallest absolute Gasteiger partial charge is 0.0290 e. The Morgan fingerprint density at radius 1 is 0.615 bits per heavy atom. The molecule has 1 unspecified atom stereocenters. The van der Waals surface area contributed by atoms with Crippen molar-refractivity contribution in [2.24, 2.45) is 0 Å². The minimum atomic E-state index is 0.199. The van der Waals surface area contributed by atoms with E-state index in [0.29, 0.717) is 0 Å². The molecule has 0 saturated heterocycles. The number of rotatable bonds is 3. The molecule has 0 aromatic heterocycles. The molecule has 0 fully saturated rings. The topological polar surface area (TPSA) is 0 Å². The lowest BCUT2D eigenvalue weighted by atomic mass is 9.83. The summed E-state index contributed by atoms with van der Waals surface area (Å²) in [4.78, 5) is 0. The first kappa shape index (κ1) is 23.7. The zero-order valence-corrected chi connectivity index (χ0v) is 23.0. The van der Waals surface area contributed by atoms with Gasteiger partial charge in [-0.25, -0.2) is 0 Å². The maximum atomic E-state index is 3.87. The van der Waals surface area contributed by atoms with Gasteiger partial charge in [0.25, 0.3) is 0 Å². The van der Waals surface area contributed by atoms with Gasteiger partial charge in [-0.3, -0.25) is 0 Å². The molecule has 0 heteroatoms. The van der Waals surface area contributed by atoms with Gasteiger partial charge in [-0.15, -0.1) is 0 Å². The zero-order valence-electron chi connectivity index (χ0n) is 23.0. The van der Waals surface area contributed by atoms with Crippen molar-refractivity contribution in [1.29, 1.82) is 0 Å². The minimum Gasteiger partial charge on any atom is -0.0690 e. The Bertz CT molecular complexity index is 1880. The third-order valence-corrected chi connectivity index (χ3v) is 8.45. The van der Waals surface area contributed by atoms with Crippen LogP contribution in [0.5, 0.6) is 0 Å². The van der Waals surface area contributed by atoms with Crippen molar-refractivity contribution in [1.82, 2.24) is 0 Å². The first-order valence-corrected chi connectivity index (χ1v) is 13.8. The van der Waals surface area contributed by atoms with Gasteiger partial charge >= 0.3 is 0 Å². The van der Waals surface area contributed by atoms with Gasteiger partial charge in [0.2, 0.25) is 0 Å². The molecule has 0 bridgehead atoms. The van der Waals surface area contributed by atoms with Gasteiger partial charge in [-0.1, -0.05) is 114 Å². The maximum absolute atomic E-state index is 3.87. The molecule has 7 rings (SSSR count). The molecule has 0 N–H and O–H groups in total. The van der Waals surface area contributed by atoms with Gasteiger partial charge in [0.1, 0.15) is 0 Å². The monoisotopic (exact) mass is 499 g/mol. The van der Waals surface area contributed by atoms with Crippen LogP contribution in [0.25, 0.3) is 28.3 Å². The van der Waals surface area contributed by atoms with Crippen LogP contribution in [0.1, 0.15) is 62.9 Å². The lowest BCUT2D eigenvalue weighted by molar-refractivity contribution is 1.01. The van der Waals surface area contributed by atoms with Gasteiger partial charge in [0.05, 0.1) is 0 Å². The summed E-state index contributed by atoms with van der Waals surface area (Å²) in [7, 11) is 0. The Labute approximate surface area is 231 Å². The molecule has 0 heterocycles. The average molecular weight is 500 g/mol. The largest absolute Gasteiger partial charge is 0.0690 e. The van der Waals surface area contributed by atoms with E-state index in [9.17, 15) is 0 Å². The average Bonchev–Trinajstić information content (AvgIpc) is 3.46. The molecule has 1 radical (unpaired) electrons. The standard InChI is InChI=1S/C39H31/c1-24-15-17-31-30(19-24)22-37-35(31)23-34(39(28-11-7-5-8-12-28)29-13-9-6-10-14-29)27(4)38(37)36-21-26(3)33-20-25(2)16-18-32(33)36/h5-21,23,36H,1-4H3. The van der Waals surface area contributed by atoms with Crippen molar-refractivity contribution in [3.8, 4) is 11.1 Å². The van der Waals surface area contributed by atoms with Crippen LogP contribution in [0.3, 0.4) is 0 Å². The van der Waals surface area contributed by atoms with Crippen LogP contribution in [0.15, 0.2) is 109 Å². The van der Waals surface area contributed by atoms with Crippen LogP contribution in [0.4, 0.5) is 0 Å². The van der Waals surface area contributed by atoms with Gasteiger partial charge in [0, 0.05) is 5.92 Å².